The Hall–Kier alpha value is -0.470. The molecule has 0 N–H and O–H groups in total. The molecule has 0 aliphatic heterocycles. The topological polar surface area (TPSA) is 17.1 Å². The van der Waals surface area contributed by atoms with Crippen molar-refractivity contribution in [3.63, 3.8) is 0 Å². The van der Waals surface area contributed by atoms with Gasteiger partial charge >= 0.3 is 0 Å². The molecule has 6 atom stereocenters. The fourth-order valence-corrected chi connectivity index (χ4v) is 6.94. The second-order valence-corrected chi connectivity index (χ2v) is 9.12. The normalized spacial score (nSPS) is 53.5. The number of carbonyl (C=O) groups excluding carboxylic acids is 1. The van der Waals surface area contributed by atoms with E-state index in [0.717, 1.165) is 32.1 Å². The Bertz CT molecular complexity index is 502. The van der Waals surface area contributed by atoms with Gasteiger partial charge in [0.05, 0.1) is 0 Å². The Morgan fingerprint density at radius 2 is 1.82 bits per heavy atom. The Morgan fingerprint density at radius 1 is 1.05 bits per heavy atom. The van der Waals surface area contributed by atoms with Gasteiger partial charge in [0, 0.05) is 24.7 Å². The van der Waals surface area contributed by atoms with E-state index in [2.05, 4.69) is 6.92 Å². The summed E-state index contributed by atoms with van der Waals surface area (Å²) in [5.41, 5.74) is -0.786. The van der Waals surface area contributed by atoms with Gasteiger partial charge in [-0.2, -0.15) is 0 Å². The SMILES string of the molecule is CC12CCC(=O)CC1CCC1C2CC(F)(F)C2(C)CCCC12. The fourth-order valence-electron chi connectivity index (χ4n) is 6.94. The minimum absolute atomic E-state index is 0.0236. The largest absolute Gasteiger partial charge is 0.300 e. The number of rotatable bonds is 0. The van der Waals surface area contributed by atoms with Crippen molar-refractivity contribution < 1.29 is 13.6 Å². The molecule has 3 heteroatoms. The van der Waals surface area contributed by atoms with E-state index in [9.17, 15) is 4.79 Å². The molecule has 1 nitrogen and oxygen atoms in total. The number of hydrogen-bond donors (Lipinski definition) is 0. The first kappa shape index (κ1) is 15.1. The van der Waals surface area contributed by atoms with Gasteiger partial charge in [0.15, 0.2) is 0 Å². The maximum Gasteiger partial charge on any atom is 0.253 e. The van der Waals surface area contributed by atoms with Gasteiger partial charge in [-0.25, -0.2) is 8.78 Å². The first-order valence-electron chi connectivity index (χ1n) is 9.17. The molecule has 0 amide bonds. The highest BCUT2D eigenvalue weighted by atomic mass is 19.3. The van der Waals surface area contributed by atoms with Crippen molar-refractivity contribution in [3.8, 4) is 0 Å². The lowest BCUT2D eigenvalue weighted by Crippen LogP contribution is -2.59. The van der Waals surface area contributed by atoms with Crippen LogP contribution in [0.15, 0.2) is 0 Å². The van der Waals surface area contributed by atoms with Crippen molar-refractivity contribution >= 4 is 5.78 Å². The third-order valence-electron chi connectivity index (χ3n) is 8.42. The van der Waals surface area contributed by atoms with Crippen LogP contribution >= 0.6 is 0 Å². The van der Waals surface area contributed by atoms with Crippen molar-refractivity contribution in [3.05, 3.63) is 0 Å². The maximum absolute atomic E-state index is 15.1. The quantitative estimate of drug-likeness (QED) is 0.598. The molecular formula is C19H28F2O. The summed E-state index contributed by atoms with van der Waals surface area (Å²) in [6.45, 7) is 4.09. The number of Topliss-reactive ketones (excluding diaryl/α,β-unsaturated/α-hetero) is 1. The first-order chi connectivity index (χ1) is 10.3. The van der Waals surface area contributed by atoms with Gasteiger partial charge in [-0.05, 0) is 61.2 Å². The van der Waals surface area contributed by atoms with E-state index in [-0.39, 0.29) is 23.7 Å². The molecule has 124 valence electrons. The van der Waals surface area contributed by atoms with Crippen molar-refractivity contribution in [2.45, 2.75) is 77.6 Å². The third kappa shape index (κ3) is 1.77. The molecular weight excluding hydrogens is 282 g/mol. The zero-order valence-corrected chi connectivity index (χ0v) is 13.8. The molecule has 0 spiro atoms. The van der Waals surface area contributed by atoms with Crippen LogP contribution in [0, 0.1) is 34.5 Å². The Labute approximate surface area is 132 Å². The lowest BCUT2D eigenvalue weighted by atomic mass is 9.44. The number of alkyl halides is 2. The molecule has 22 heavy (non-hydrogen) atoms. The van der Waals surface area contributed by atoms with Crippen LogP contribution in [-0.2, 0) is 4.79 Å². The van der Waals surface area contributed by atoms with Crippen LogP contribution in [0.25, 0.3) is 0 Å². The van der Waals surface area contributed by atoms with E-state index in [4.69, 9.17) is 0 Å². The molecule has 4 rings (SSSR count). The van der Waals surface area contributed by atoms with E-state index in [1.54, 1.807) is 0 Å². The zero-order valence-electron chi connectivity index (χ0n) is 13.8. The van der Waals surface area contributed by atoms with Crippen LogP contribution in [0.1, 0.15) is 71.6 Å². The van der Waals surface area contributed by atoms with Crippen LogP contribution < -0.4 is 0 Å². The zero-order chi connectivity index (χ0) is 15.8. The summed E-state index contributed by atoms with van der Waals surface area (Å²) < 4.78 is 30.1. The van der Waals surface area contributed by atoms with E-state index < -0.39 is 11.3 Å². The van der Waals surface area contributed by atoms with Gasteiger partial charge in [-0.15, -0.1) is 0 Å². The van der Waals surface area contributed by atoms with Crippen molar-refractivity contribution in [1.29, 1.82) is 0 Å². The molecule has 0 aromatic heterocycles. The smallest absolute Gasteiger partial charge is 0.253 e. The van der Waals surface area contributed by atoms with Crippen LogP contribution in [-0.4, -0.2) is 11.7 Å². The van der Waals surface area contributed by atoms with Gasteiger partial charge in [-0.1, -0.05) is 20.3 Å². The van der Waals surface area contributed by atoms with E-state index in [1.165, 1.54) is 0 Å². The van der Waals surface area contributed by atoms with Gasteiger partial charge in [0.25, 0.3) is 5.92 Å². The third-order valence-corrected chi connectivity index (χ3v) is 8.42. The van der Waals surface area contributed by atoms with Gasteiger partial charge < -0.3 is 0 Å². The van der Waals surface area contributed by atoms with Gasteiger partial charge in [-0.3, -0.25) is 4.79 Å². The number of halogens is 2. The van der Waals surface area contributed by atoms with Crippen LogP contribution in [0.2, 0.25) is 0 Å². The number of ketones is 1. The lowest BCUT2D eigenvalue weighted by Gasteiger charge is -2.61. The number of fused-ring (bicyclic) bond motifs is 5. The highest BCUT2D eigenvalue weighted by Crippen LogP contribution is 2.69. The molecule has 6 unspecified atom stereocenters. The first-order valence-corrected chi connectivity index (χ1v) is 9.17. The van der Waals surface area contributed by atoms with E-state index in [0.29, 0.717) is 36.9 Å². The number of hydrogen-bond acceptors (Lipinski definition) is 1. The Kier molecular flexibility index (Phi) is 3.11. The summed E-state index contributed by atoms with van der Waals surface area (Å²) in [6, 6.07) is 0. The highest BCUT2D eigenvalue weighted by molar-refractivity contribution is 5.79. The molecule has 4 fully saturated rings. The average molecular weight is 310 g/mol. The fraction of sp³-hybridized carbons (Fsp3) is 0.947. The molecule has 4 saturated carbocycles. The molecule has 4 aliphatic rings. The van der Waals surface area contributed by atoms with Crippen molar-refractivity contribution in [2.24, 2.45) is 34.5 Å². The van der Waals surface area contributed by atoms with Crippen molar-refractivity contribution in [1.82, 2.24) is 0 Å². The molecule has 0 aromatic rings. The monoisotopic (exact) mass is 310 g/mol. The van der Waals surface area contributed by atoms with Crippen LogP contribution in [0.3, 0.4) is 0 Å². The predicted molar refractivity (Wildman–Crippen MR) is 81.7 cm³/mol. The van der Waals surface area contributed by atoms with Crippen LogP contribution in [0.5, 0.6) is 0 Å². The van der Waals surface area contributed by atoms with Crippen LogP contribution in [0.4, 0.5) is 8.78 Å². The van der Waals surface area contributed by atoms with Crippen molar-refractivity contribution in [2.75, 3.05) is 0 Å². The molecule has 0 saturated heterocycles. The predicted octanol–water partition coefficient (Wildman–Crippen LogP) is 5.23. The Morgan fingerprint density at radius 3 is 2.59 bits per heavy atom. The van der Waals surface area contributed by atoms with E-state index in [1.807, 2.05) is 6.92 Å². The summed E-state index contributed by atoms with van der Waals surface area (Å²) in [4.78, 5) is 11.8. The van der Waals surface area contributed by atoms with Gasteiger partial charge in [0.1, 0.15) is 5.78 Å². The summed E-state index contributed by atoms with van der Waals surface area (Å²) in [5, 5.41) is 0. The Balaban J connectivity index is 1.71. The summed E-state index contributed by atoms with van der Waals surface area (Å²) >= 11 is 0. The molecule has 0 radical (unpaired) electrons. The second kappa shape index (κ2) is 4.54. The summed E-state index contributed by atoms with van der Waals surface area (Å²) in [6.07, 6.45) is 7.01. The maximum atomic E-state index is 15.1. The average Bonchev–Trinajstić information content (AvgIpc) is 2.85. The second-order valence-electron chi connectivity index (χ2n) is 9.12. The molecule has 4 aliphatic carbocycles. The molecule has 0 aromatic carbocycles. The summed E-state index contributed by atoms with van der Waals surface area (Å²) in [5.74, 6) is -1.00. The lowest BCUT2D eigenvalue weighted by molar-refractivity contribution is -0.227. The number of carbonyl (C=O) groups is 1. The highest BCUT2D eigenvalue weighted by Gasteiger charge is 2.67. The van der Waals surface area contributed by atoms with E-state index >= 15 is 8.78 Å². The van der Waals surface area contributed by atoms with Gasteiger partial charge in [0.2, 0.25) is 0 Å². The minimum Gasteiger partial charge on any atom is -0.300 e. The summed E-state index contributed by atoms with van der Waals surface area (Å²) in [7, 11) is 0. The standard InChI is InChI=1S/C19H28F2O/c1-17-9-7-13(22)10-12(17)5-6-14-15-4-3-8-18(15,2)19(20,21)11-16(14)17/h12,14-16H,3-11H2,1-2H3. The molecule has 0 bridgehead atoms. The minimum atomic E-state index is -2.53. The molecule has 0 heterocycles.